The van der Waals surface area contributed by atoms with Crippen LogP contribution in [0.3, 0.4) is 0 Å². The number of nitrogens with zero attached hydrogens (tertiary/aromatic N) is 2. The molecular weight excluding hydrogens is 725 g/mol. The second-order valence-corrected chi connectivity index (χ2v) is 15.9. The van der Waals surface area contributed by atoms with Gasteiger partial charge >= 0.3 is 0 Å². The molecule has 3 aromatic heterocycles. The van der Waals surface area contributed by atoms with Gasteiger partial charge in [-0.2, -0.15) is 0 Å². The van der Waals surface area contributed by atoms with Gasteiger partial charge in [-0.25, -0.2) is 0 Å². The summed E-state index contributed by atoms with van der Waals surface area (Å²) in [7, 11) is 0. The van der Waals surface area contributed by atoms with E-state index < -0.39 is 0 Å². The molecule has 0 unspecified atom stereocenters. The summed E-state index contributed by atoms with van der Waals surface area (Å²) in [5.74, 6) is 0. The van der Waals surface area contributed by atoms with Gasteiger partial charge in [0.2, 0.25) is 0 Å². The highest BCUT2D eigenvalue weighted by molar-refractivity contribution is 7.26. The molecule has 9 aromatic carbocycles. The van der Waals surface area contributed by atoms with Crippen LogP contribution in [-0.2, 0) is 0 Å². The number of hydrogen-bond acceptors (Lipinski definition) is 3. The van der Waals surface area contributed by atoms with Crippen LogP contribution in [0.2, 0.25) is 0 Å². The first-order valence-corrected chi connectivity index (χ1v) is 20.5. The number of thiophene rings is 1. The van der Waals surface area contributed by atoms with Gasteiger partial charge in [0.1, 0.15) is 5.58 Å². The van der Waals surface area contributed by atoms with Gasteiger partial charge in [-0.05, 0) is 65.2 Å². The molecule has 0 saturated heterocycles. The van der Waals surface area contributed by atoms with Crippen molar-refractivity contribution in [1.82, 2.24) is 4.57 Å². The van der Waals surface area contributed by atoms with Crippen molar-refractivity contribution in [3.8, 4) is 27.9 Å². The van der Waals surface area contributed by atoms with Crippen molar-refractivity contribution in [2.45, 2.75) is 0 Å². The highest BCUT2D eigenvalue weighted by Crippen LogP contribution is 2.52. The fourth-order valence-corrected chi connectivity index (χ4v) is 10.4. The molecule has 0 aliphatic carbocycles. The van der Waals surface area contributed by atoms with E-state index in [9.17, 15) is 0 Å². The Balaban J connectivity index is 1.23. The van der Waals surface area contributed by atoms with Gasteiger partial charge in [-0.15, -0.1) is 11.3 Å². The Morgan fingerprint density at radius 1 is 0.379 bits per heavy atom. The molecule has 3 heterocycles. The van der Waals surface area contributed by atoms with E-state index >= 15 is 0 Å². The number of para-hydroxylation sites is 4. The third kappa shape index (κ3) is 4.92. The van der Waals surface area contributed by atoms with Gasteiger partial charge in [0, 0.05) is 53.0 Å². The molecule has 0 saturated carbocycles. The summed E-state index contributed by atoms with van der Waals surface area (Å²) in [6.07, 6.45) is 0. The molecule has 12 rings (SSSR count). The molecule has 0 N–H and O–H groups in total. The molecular formula is C54H34N2OS. The normalized spacial score (nSPS) is 11.8. The molecule has 0 spiro atoms. The Morgan fingerprint density at radius 3 is 1.74 bits per heavy atom. The van der Waals surface area contributed by atoms with E-state index in [1.54, 1.807) is 0 Å². The van der Waals surface area contributed by atoms with E-state index in [1.165, 1.54) is 42.1 Å². The Labute approximate surface area is 338 Å². The van der Waals surface area contributed by atoms with E-state index in [4.69, 9.17) is 4.42 Å². The second kappa shape index (κ2) is 13.1. The number of anilines is 3. The minimum Gasteiger partial charge on any atom is -0.453 e. The number of aromatic nitrogens is 1. The molecule has 3 nitrogen and oxygen atoms in total. The summed E-state index contributed by atoms with van der Waals surface area (Å²) in [6.45, 7) is 0. The van der Waals surface area contributed by atoms with Crippen LogP contribution in [-0.4, -0.2) is 4.57 Å². The van der Waals surface area contributed by atoms with Crippen molar-refractivity contribution in [2.24, 2.45) is 0 Å². The minimum absolute atomic E-state index is 0.851. The van der Waals surface area contributed by atoms with Crippen LogP contribution in [0, 0.1) is 0 Å². The predicted molar refractivity (Wildman–Crippen MR) is 247 cm³/mol. The summed E-state index contributed by atoms with van der Waals surface area (Å²) in [5.41, 5.74) is 13.0. The first kappa shape index (κ1) is 32.8. The third-order valence-electron chi connectivity index (χ3n) is 11.6. The zero-order chi connectivity index (χ0) is 38.2. The van der Waals surface area contributed by atoms with Crippen molar-refractivity contribution in [3.63, 3.8) is 0 Å². The molecule has 58 heavy (non-hydrogen) atoms. The number of rotatable bonds is 6. The summed E-state index contributed by atoms with van der Waals surface area (Å²) < 4.78 is 12.1. The van der Waals surface area contributed by atoms with Crippen molar-refractivity contribution in [1.29, 1.82) is 0 Å². The lowest BCUT2D eigenvalue weighted by atomic mass is 9.99. The number of hydrogen-bond donors (Lipinski definition) is 0. The third-order valence-corrected chi connectivity index (χ3v) is 12.8. The zero-order valence-corrected chi connectivity index (χ0v) is 32.2. The summed E-state index contributed by atoms with van der Waals surface area (Å²) >= 11 is 1.87. The van der Waals surface area contributed by atoms with Crippen LogP contribution < -0.4 is 4.90 Å². The van der Waals surface area contributed by atoms with Gasteiger partial charge in [0.15, 0.2) is 5.58 Å². The lowest BCUT2D eigenvalue weighted by Crippen LogP contribution is -2.11. The smallest absolute Gasteiger partial charge is 0.159 e. The topological polar surface area (TPSA) is 21.3 Å². The zero-order valence-electron chi connectivity index (χ0n) is 31.3. The van der Waals surface area contributed by atoms with Crippen LogP contribution >= 0.6 is 11.3 Å². The molecule has 4 heteroatoms. The first-order valence-electron chi connectivity index (χ1n) is 19.7. The van der Waals surface area contributed by atoms with Crippen molar-refractivity contribution in [3.05, 3.63) is 206 Å². The summed E-state index contributed by atoms with van der Waals surface area (Å²) in [5, 5.41) is 7.02. The molecule has 0 aliphatic heterocycles. The molecule has 0 fully saturated rings. The largest absolute Gasteiger partial charge is 0.453 e. The van der Waals surface area contributed by atoms with Crippen LogP contribution in [0.1, 0.15) is 0 Å². The van der Waals surface area contributed by atoms with Crippen LogP contribution in [0.15, 0.2) is 211 Å². The summed E-state index contributed by atoms with van der Waals surface area (Å²) in [6, 6.07) is 74.2. The molecule has 0 radical (unpaired) electrons. The lowest BCUT2D eigenvalue weighted by Gasteiger charge is -2.28. The summed E-state index contributed by atoms with van der Waals surface area (Å²) in [4.78, 5) is 2.48. The highest BCUT2D eigenvalue weighted by Gasteiger charge is 2.27. The molecule has 0 amide bonds. The number of fused-ring (bicyclic) bond motifs is 9. The van der Waals surface area contributed by atoms with E-state index in [1.807, 2.05) is 11.3 Å². The van der Waals surface area contributed by atoms with E-state index in [0.29, 0.717) is 0 Å². The molecule has 0 aliphatic rings. The van der Waals surface area contributed by atoms with Gasteiger partial charge in [0.25, 0.3) is 0 Å². The van der Waals surface area contributed by atoms with Gasteiger partial charge in [-0.1, -0.05) is 158 Å². The number of furan rings is 1. The quantitative estimate of drug-likeness (QED) is 0.168. The van der Waals surface area contributed by atoms with Crippen LogP contribution in [0.5, 0.6) is 0 Å². The fourth-order valence-electron chi connectivity index (χ4n) is 9.10. The van der Waals surface area contributed by atoms with Gasteiger partial charge < -0.3 is 13.9 Å². The Hall–Kier alpha value is -7.40. The first-order chi connectivity index (χ1) is 28.8. The van der Waals surface area contributed by atoms with Crippen molar-refractivity contribution >= 4 is 92.3 Å². The average molecular weight is 759 g/mol. The molecule has 0 bridgehead atoms. The highest BCUT2D eigenvalue weighted by atomic mass is 32.1. The second-order valence-electron chi connectivity index (χ2n) is 14.8. The predicted octanol–water partition coefficient (Wildman–Crippen LogP) is 15.9. The SMILES string of the molecule is c1ccc(-c2cccc3c2oc2c(N(c4ccc(-c5ccccc5)c5sc6ccccc6c45)c4cccc5c4c4ccccc4n5-c4ccccc4)cccc23)cc1. The maximum absolute atomic E-state index is 7.20. The fraction of sp³-hybridized carbons (Fsp3) is 0. The van der Waals surface area contributed by atoms with Crippen LogP contribution in [0.4, 0.5) is 17.1 Å². The standard InChI is InChI=1S/C54H34N2OS/c1-4-17-35(18-5-1)38-25-14-26-40-41-27-15-31-48(53(41)57-52(38)40)56(46-30-16-29-45-50(46)42-23-10-12-28-44(42)55(45)37-21-8-3-9-22-37)47-34-33-39(36-19-6-2-7-20-36)54-51(47)43-24-11-13-32-49(43)58-54/h1-34H. The monoisotopic (exact) mass is 758 g/mol. The van der Waals surface area contributed by atoms with E-state index in [-0.39, 0.29) is 0 Å². The Kier molecular flexibility index (Phi) is 7.40. The molecule has 0 atom stereocenters. The van der Waals surface area contributed by atoms with Crippen molar-refractivity contribution in [2.75, 3.05) is 4.90 Å². The number of benzene rings is 9. The average Bonchev–Trinajstić information content (AvgIpc) is 3.98. The van der Waals surface area contributed by atoms with E-state index in [0.717, 1.165) is 66.8 Å². The maximum atomic E-state index is 7.20. The van der Waals surface area contributed by atoms with Gasteiger partial charge in [0.05, 0.1) is 28.1 Å². The lowest BCUT2D eigenvalue weighted by molar-refractivity contribution is 0.670. The van der Waals surface area contributed by atoms with Gasteiger partial charge in [-0.3, -0.25) is 0 Å². The maximum Gasteiger partial charge on any atom is 0.159 e. The van der Waals surface area contributed by atoms with Crippen molar-refractivity contribution < 1.29 is 4.42 Å². The molecule has 12 aromatic rings. The van der Waals surface area contributed by atoms with Crippen LogP contribution in [0.25, 0.3) is 91.9 Å². The van der Waals surface area contributed by atoms with E-state index in [2.05, 4.69) is 216 Å². The minimum atomic E-state index is 0.851. The molecule has 272 valence electrons. The Bertz CT molecular complexity index is 3500. The Morgan fingerprint density at radius 2 is 0.948 bits per heavy atom.